The van der Waals surface area contributed by atoms with E-state index in [2.05, 4.69) is 20.0 Å². The molecule has 0 bridgehead atoms. The fraction of sp³-hybridized carbons (Fsp3) is 0.350. The fourth-order valence-electron chi connectivity index (χ4n) is 3.99. The highest BCUT2D eigenvalue weighted by atomic mass is 19.1. The van der Waals surface area contributed by atoms with E-state index in [4.69, 9.17) is 4.74 Å². The lowest BCUT2D eigenvalue weighted by molar-refractivity contribution is 0.0683. The number of ether oxygens (including phenoxy) is 1. The minimum absolute atomic E-state index is 0.212. The number of fused-ring (bicyclic) bond motifs is 2. The molecule has 1 amide bonds. The Hall–Kier alpha value is -3.00. The molecule has 0 unspecified atom stereocenters. The van der Waals surface area contributed by atoms with E-state index >= 15 is 0 Å². The van der Waals surface area contributed by atoms with E-state index in [1.54, 1.807) is 35.4 Å². The molecule has 0 aliphatic carbocycles. The Morgan fingerprint density at radius 1 is 1.25 bits per heavy atom. The number of carbonyl (C=O) groups excluding carboxylic acids is 1. The highest BCUT2D eigenvalue weighted by Gasteiger charge is 2.29. The van der Waals surface area contributed by atoms with Gasteiger partial charge in [-0.25, -0.2) is 14.1 Å². The van der Waals surface area contributed by atoms with E-state index in [1.807, 2.05) is 0 Å². The van der Waals surface area contributed by atoms with Crippen molar-refractivity contribution in [3.05, 3.63) is 65.3 Å². The third kappa shape index (κ3) is 2.80. The molecule has 0 saturated heterocycles. The number of rotatable bonds is 3. The first-order valence-electron chi connectivity index (χ1n) is 9.46. The Labute approximate surface area is 161 Å². The molecule has 3 aromatic rings. The maximum absolute atomic E-state index is 14.2. The SMILES string of the molecule is O=C(N[C@@H]1COCc2c1cnn2-c1ccccc1F)c1ncn2c1CCCC2. The molecule has 28 heavy (non-hydrogen) atoms. The number of hydrogen-bond acceptors (Lipinski definition) is 4. The molecule has 8 heteroatoms. The number of aryl methyl sites for hydroxylation is 1. The van der Waals surface area contributed by atoms with Crippen LogP contribution in [0.15, 0.2) is 36.8 Å². The topological polar surface area (TPSA) is 74.0 Å². The molecule has 0 radical (unpaired) electrons. The summed E-state index contributed by atoms with van der Waals surface area (Å²) < 4.78 is 23.5. The second kappa shape index (κ2) is 6.87. The Bertz CT molecular complexity index is 1040. The molecular formula is C20H20FN5O2. The fourth-order valence-corrected chi connectivity index (χ4v) is 3.99. The van der Waals surface area contributed by atoms with E-state index in [1.165, 1.54) is 6.07 Å². The van der Waals surface area contributed by atoms with Crippen molar-refractivity contribution >= 4 is 5.91 Å². The number of carbonyl (C=O) groups is 1. The van der Waals surface area contributed by atoms with E-state index < -0.39 is 0 Å². The second-order valence-electron chi connectivity index (χ2n) is 7.14. The lowest BCUT2D eigenvalue weighted by Crippen LogP contribution is -2.35. The molecule has 1 atom stereocenters. The van der Waals surface area contributed by atoms with Crippen LogP contribution in [-0.2, 0) is 24.3 Å². The van der Waals surface area contributed by atoms with Gasteiger partial charge in [0.1, 0.15) is 17.2 Å². The van der Waals surface area contributed by atoms with Gasteiger partial charge in [-0.2, -0.15) is 5.10 Å². The number of aromatic nitrogens is 4. The van der Waals surface area contributed by atoms with Crippen molar-refractivity contribution in [1.29, 1.82) is 0 Å². The second-order valence-corrected chi connectivity index (χ2v) is 7.14. The quantitative estimate of drug-likeness (QED) is 0.757. The standard InChI is InChI=1S/C20H20FN5O2/c21-14-5-1-2-6-16(14)26-18-11-28-10-15(13(18)9-23-26)24-20(27)19-17-7-3-4-8-25(17)12-22-19/h1-2,5-6,9,12,15H,3-4,7-8,10-11H2,(H,24,27)/t15-/m1/s1. The van der Waals surface area contributed by atoms with Crippen LogP contribution in [-0.4, -0.2) is 31.8 Å². The average Bonchev–Trinajstić information content (AvgIpc) is 3.33. The van der Waals surface area contributed by atoms with Gasteiger partial charge in [-0.1, -0.05) is 12.1 Å². The summed E-state index contributed by atoms with van der Waals surface area (Å²) in [6, 6.07) is 6.12. The molecular weight excluding hydrogens is 361 g/mol. The molecule has 5 rings (SSSR count). The Balaban J connectivity index is 1.42. The molecule has 2 aliphatic rings. The number of nitrogens with zero attached hydrogens (tertiary/aromatic N) is 4. The van der Waals surface area contributed by atoms with Gasteiger partial charge in [0.05, 0.1) is 43.2 Å². The van der Waals surface area contributed by atoms with Crippen molar-refractivity contribution in [2.24, 2.45) is 0 Å². The number of amides is 1. The molecule has 2 aliphatic heterocycles. The zero-order valence-electron chi connectivity index (χ0n) is 15.3. The number of halogens is 1. The third-order valence-corrected chi connectivity index (χ3v) is 5.41. The van der Waals surface area contributed by atoms with Gasteiger partial charge in [0.15, 0.2) is 0 Å². The van der Waals surface area contributed by atoms with Gasteiger partial charge in [0.25, 0.3) is 5.91 Å². The number of nitrogens with one attached hydrogen (secondary N) is 1. The van der Waals surface area contributed by atoms with Gasteiger partial charge < -0.3 is 14.6 Å². The molecule has 2 aromatic heterocycles. The summed E-state index contributed by atoms with van der Waals surface area (Å²) in [6.45, 7) is 1.56. The van der Waals surface area contributed by atoms with Gasteiger partial charge >= 0.3 is 0 Å². The molecule has 0 saturated carbocycles. The molecule has 1 N–H and O–H groups in total. The summed E-state index contributed by atoms with van der Waals surface area (Å²) in [5.41, 5.74) is 3.42. The maximum atomic E-state index is 14.2. The smallest absolute Gasteiger partial charge is 0.272 e. The predicted molar refractivity (Wildman–Crippen MR) is 98.6 cm³/mol. The summed E-state index contributed by atoms with van der Waals surface area (Å²) in [7, 11) is 0. The molecule has 1 aromatic carbocycles. The molecule has 4 heterocycles. The summed E-state index contributed by atoms with van der Waals surface area (Å²) >= 11 is 0. The monoisotopic (exact) mass is 381 g/mol. The van der Waals surface area contributed by atoms with Crippen LogP contribution in [0.5, 0.6) is 0 Å². The third-order valence-electron chi connectivity index (χ3n) is 5.41. The number of para-hydroxylation sites is 1. The molecule has 0 spiro atoms. The summed E-state index contributed by atoms with van der Waals surface area (Å²) in [6.07, 6.45) is 6.46. The first-order valence-corrected chi connectivity index (χ1v) is 9.46. The summed E-state index contributed by atoms with van der Waals surface area (Å²) in [5.74, 6) is -0.570. The van der Waals surface area contributed by atoms with E-state index in [9.17, 15) is 9.18 Å². The van der Waals surface area contributed by atoms with E-state index in [-0.39, 0.29) is 17.8 Å². The van der Waals surface area contributed by atoms with Crippen LogP contribution in [0, 0.1) is 5.82 Å². The predicted octanol–water partition coefficient (Wildman–Crippen LogP) is 2.55. The maximum Gasteiger partial charge on any atom is 0.272 e. The number of hydrogen-bond donors (Lipinski definition) is 1. The largest absolute Gasteiger partial charge is 0.373 e. The van der Waals surface area contributed by atoms with Crippen molar-refractivity contribution in [2.45, 2.75) is 38.5 Å². The van der Waals surface area contributed by atoms with Gasteiger partial charge in [0, 0.05) is 12.1 Å². The van der Waals surface area contributed by atoms with Crippen molar-refractivity contribution in [3.8, 4) is 5.69 Å². The highest BCUT2D eigenvalue weighted by Crippen LogP contribution is 2.28. The van der Waals surface area contributed by atoms with Gasteiger partial charge in [-0.3, -0.25) is 4.79 Å². The van der Waals surface area contributed by atoms with Crippen molar-refractivity contribution in [3.63, 3.8) is 0 Å². The van der Waals surface area contributed by atoms with Gasteiger partial charge in [-0.15, -0.1) is 0 Å². The van der Waals surface area contributed by atoms with Gasteiger partial charge in [0.2, 0.25) is 0 Å². The first kappa shape index (κ1) is 17.1. The lowest BCUT2D eigenvalue weighted by atomic mass is 10.0. The zero-order valence-corrected chi connectivity index (χ0v) is 15.3. The van der Waals surface area contributed by atoms with Crippen LogP contribution in [0.1, 0.15) is 46.3 Å². The van der Waals surface area contributed by atoms with Crippen molar-refractivity contribution in [1.82, 2.24) is 24.6 Å². The molecule has 7 nitrogen and oxygen atoms in total. The lowest BCUT2D eigenvalue weighted by Gasteiger charge is -2.24. The minimum atomic E-state index is -0.357. The van der Waals surface area contributed by atoms with Crippen LogP contribution >= 0.6 is 0 Å². The van der Waals surface area contributed by atoms with Crippen LogP contribution in [0.25, 0.3) is 5.69 Å². The minimum Gasteiger partial charge on any atom is -0.373 e. The van der Waals surface area contributed by atoms with Crippen LogP contribution in [0.4, 0.5) is 4.39 Å². The van der Waals surface area contributed by atoms with Crippen molar-refractivity contribution in [2.75, 3.05) is 6.61 Å². The zero-order chi connectivity index (χ0) is 19.1. The Kier molecular flexibility index (Phi) is 4.20. The van der Waals surface area contributed by atoms with Crippen LogP contribution in [0.3, 0.4) is 0 Å². The molecule has 0 fully saturated rings. The van der Waals surface area contributed by atoms with Crippen LogP contribution in [0.2, 0.25) is 0 Å². The Morgan fingerprint density at radius 2 is 2.14 bits per heavy atom. The van der Waals surface area contributed by atoms with E-state index in [0.29, 0.717) is 24.6 Å². The normalized spacial score (nSPS) is 18.4. The summed E-state index contributed by atoms with van der Waals surface area (Å²) in [5, 5.41) is 7.37. The average molecular weight is 381 g/mol. The van der Waals surface area contributed by atoms with E-state index in [0.717, 1.165) is 42.8 Å². The number of imidazole rings is 1. The van der Waals surface area contributed by atoms with Gasteiger partial charge in [-0.05, 0) is 31.4 Å². The highest BCUT2D eigenvalue weighted by molar-refractivity contribution is 5.93. The summed E-state index contributed by atoms with van der Waals surface area (Å²) in [4.78, 5) is 17.2. The van der Waals surface area contributed by atoms with Crippen molar-refractivity contribution < 1.29 is 13.9 Å². The van der Waals surface area contributed by atoms with Crippen LogP contribution < -0.4 is 5.32 Å². The number of benzene rings is 1. The Morgan fingerprint density at radius 3 is 3.04 bits per heavy atom. The molecule has 144 valence electrons. The first-order chi connectivity index (χ1) is 13.7.